The molecule has 1 fully saturated rings. The molecule has 2 N–H and O–H groups in total. The molecule has 3 rings (SSSR count). The third-order valence-electron chi connectivity index (χ3n) is 3.69. The predicted octanol–water partition coefficient (Wildman–Crippen LogP) is 2.38. The highest BCUT2D eigenvalue weighted by molar-refractivity contribution is 7.93. The number of hydrogen-bond donors (Lipinski definition) is 2. The summed E-state index contributed by atoms with van der Waals surface area (Å²) in [5, 5.41) is 4.10. The third-order valence-corrected chi connectivity index (χ3v) is 5.88. The van der Waals surface area contributed by atoms with Crippen LogP contribution in [0.2, 0.25) is 5.02 Å². The summed E-state index contributed by atoms with van der Waals surface area (Å²) in [7, 11) is -3.41. The summed E-state index contributed by atoms with van der Waals surface area (Å²) >= 11 is 6.12. The maximum absolute atomic E-state index is 12.5. The molecule has 0 atom stereocenters. The van der Waals surface area contributed by atoms with Crippen molar-refractivity contribution in [2.45, 2.75) is 18.1 Å². The minimum absolute atomic E-state index is 0.367. The van der Waals surface area contributed by atoms with Gasteiger partial charge in [-0.15, -0.1) is 0 Å². The van der Waals surface area contributed by atoms with Crippen LogP contribution in [0.5, 0.6) is 0 Å². The third kappa shape index (κ3) is 2.97. The summed E-state index contributed by atoms with van der Waals surface area (Å²) in [4.78, 5) is 4.25. The first-order valence-corrected chi connectivity index (χ1v) is 8.76. The standard InChI is InChI=1S/C14H16ClN3O2S/c15-12-3-4-13(14-11(12)2-1-7-17-14)18-21(19,20)10-5-8-16-9-6-10/h1-4,7,10,16,18H,5-6,8-9H2. The molecule has 112 valence electrons. The van der Waals surface area contributed by atoms with Crippen molar-refractivity contribution < 1.29 is 8.42 Å². The molecule has 7 heteroatoms. The molecule has 1 aliphatic rings. The largest absolute Gasteiger partial charge is 0.317 e. The van der Waals surface area contributed by atoms with Crippen LogP contribution in [0.25, 0.3) is 10.9 Å². The molecule has 0 spiro atoms. The lowest BCUT2D eigenvalue weighted by molar-refractivity contribution is 0.499. The molecular weight excluding hydrogens is 310 g/mol. The van der Waals surface area contributed by atoms with Gasteiger partial charge in [-0.1, -0.05) is 11.6 Å². The second-order valence-electron chi connectivity index (χ2n) is 5.09. The first-order chi connectivity index (χ1) is 10.1. The summed E-state index contributed by atoms with van der Waals surface area (Å²) in [6.07, 6.45) is 2.86. The Kier molecular flexibility index (Phi) is 4.01. The van der Waals surface area contributed by atoms with Gasteiger partial charge in [0.15, 0.2) is 0 Å². The molecule has 0 aliphatic carbocycles. The van der Waals surface area contributed by atoms with E-state index in [9.17, 15) is 8.42 Å². The summed E-state index contributed by atoms with van der Waals surface area (Å²) in [5.41, 5.74) is 1.05. The van der Waals surface area contributed by atoms with E-state index in [2.05, 4.69) is 15.0 Å². The zero-order valence-electron chi connectivity index (χ0n) is 11.3. The Bertz CT molecular complexity index is 758. The summed E-state index contributed by atoms with van der Waals surface area (Å²) < 4.78 is 27.6. The highest BCUT2D eigenvalue weighted by Gasteiger charge is 2.27. The SMILES string of the molecule is O=S(=O)(Nc1ccc(Cl)c2cccnc12)C1CCNCC1. The number of fused-ring (bicyclic) bond motifs is 1. The Morgan fingerprint density at radius 2 is 2.00 bits per heavy atom. The van der Waals surface area contributed by atoms with E-state index in [0.717, 1.165) is 18.5 Å². The van der Waals surface area contributed by atoms with E-state index in [-0.39, 0.29) is 5.25 Å². The second kappa shape index (κ2) is 5.79. The van der Waals surface area contributed by atoms with E-state index < -0.39 is 10.0 Å². The number of rotatable bonds is 3. The van der Waals surface area contributed by atoms with Gasteiger partial charge in [0.1, 0.15) is 0 Å². The fourth-order valence-corrected chi connectivity index (χ4v) is 4.27. The van der Waals surface area contributed by atoms with Gasteiger partial charge in [0, 0.05) is 11.6 Å². The van der Waals surface area contributed by atoms with Crippen LogP contribution in [0.3, 0.4) is 0 Å². The average Bonchev–Trinajstić information content (AvgIpc) is 2.51. The van der Waals surface area contributed by atoms with Crippen LogP contribution >= 0.6 is 11.6 Å². The normalized spacial score (nSPS) is 17.0. The molecule has 21 heavy (non-hydrogen) atoms. The zero-order valence-corrected chi connectivity index (χ0v) is 12.9. The molecule has 0 amide bonds. The second-order valence-corrected chi connectivity index (χ2v) is 7.46. The summed E-state index contributed by atoms with van der Waals surface area (Å²) in [6, 6.07) is 6.95. The van der Waals surface area contributed by atoms with Gasteiger partial charge in [-0.05, 0) is 50.2 Å². The maximum Gasteiger partial charge on any atom is 0.235 e. The molecule has 1 saturated heterocycles. The van der Waals surface area contributed by atoms with Gasteiger partial charge in [0.2, 0.25) is 10.0 Å². The first kappa shape index (κ1) is 14.6. The lowest BCUT2D eigenvalue weighted by Gasteiger charge is -2.23. The number of piperidine rings is 1. The van der Waals surface area contributed by atoms with Gasteiger partial charge >= 0.3 is 0 Å². The van der Waals surface area contributed by atoms with Crippen LogP contribution in [-0.4, -0.2) is 31.7 Å². The highest BCUT2D eigenvalue weighted by Crippen LogP contribution is 2.29. The molecule has 1 aromatic heterocycles. The zero-order chi connectivity index (χ0) is 14.9. The fourth-order valence-electron chi connectivity index (χ4n) is 2.56. The number of nitrogens with zero attached hydrogens (tertiary/aromatic N) is 1. The Labute approximate surface area is 128 Å². The number of aromatic nitrogens is 1. The van der Waals surface area contributed by atoms with Gasteiger partial charge in [0.25, 0.3) is 0 Å². The van der Waals surface area contributed by atoms with E-state index in [0.29, 0.717) is 29.1 Å². The average molecular weight is 326 g/mol. The van der Waals surface area contributed by atoms with Crippen molar-refractivity contribution in [3.63, 3.8) is 0 Å². The number of benzene rings is 1. The van der Waals surface area contributed by atoms with Gasteiger partial charge in [-0.25, -0.2) is 8.42 Å². The molecule has 5 nitrogen and oxygen atoms in total. The van der Waals surface area contributed by atoms with Gasteiger partial charge in [-0.3, -0.25) is 9.71 Å². The van der Waals surface area contributed by atoms with E-state index in [4.69, 9.17) is 11.6 Å². The number of sulfonamides is 1. The van der Waals surface area contributed by atoms with Crippen molar-refractivity contribution in [2.24, 2.45) is 0 Å². The van der Waals surface area contributed by atoms with Crippen LogP contribution in [-0.2, 0) is 10.0 Å². The molecular formula is C14H16ClN3O2S. The minimum Gasteiger partial charge on any atom is -0.317 e. The quantitative estimate of drug-likeness (QED) is 0.909. The van der Waals surface area contributed by atoms with Gasteiger partial charge < -0.3 is 5.32 Å². The van der Waals surface area contributed by atoms with Crippen molar-refractivity contribution >= 4 is 38.2 Å². The Hall–Kier alpha value is -1.37. The minimum atomic E-state index is -3.41. The predicted molar refractivity (Wildman–Crippen MR) is 85.2 cm³/mol. The van der Waals surface area contributed by atoms with Crippen molar-refractivity contribution in [1.82, 2.24) is 10.3 Å². The van der Waals surface area contributed by atoms with Crippen molar-refractivity contribution in [3.05, 3.63) is 35.5 Å². The molecule has 0 saturated carbocycles. The van der Waals surface area contributed by atoms with Crippen molar-refractivity contribution in [1.29, 1.82) is 0 Å². The van der Waals surface area contributed by atoms with Crippen LogP contribution < -0.4 is 10.0 Å². The van der Waals surface area contributed by atoms with E-state index in [1.54, 1.807) is 24.4 Å². The molecule has 1 aromatic carbocycles. The number of hydrogen-bond acceptors (Lipinski definition) is 4. The molecule has 1 aliphatic heterocycles. The lowest BCUT2D eigenvalue weighted by atomic mass is 10.2. The monoisotopic (exact) mass is 325 g/mol. The Balaban J connectivity index is 1.96. The molecule has 0 bridgehead atoms. The van der Waals surface area contributed by atoms with Crippen LogP contribution in [0.1, 0.15) is 12.8 Å². The topological polar surface area (TPSA) is 71.1 Å². The van der Waals surface area contributed by atoms with Gasteiger partial charge in [-0.2, -0.15) is 0 Å². The molecule has 0 radical (unpaired) electrons. The van der Waals surface area contributed by atoms with E-state index in [1.165, 1.54) is 0 Å². The van der Waals surface area contributed by atoms with Crippen LogP contribution in [0.15, 0.2) is 30.5 Å². The van der Waals surface area contributed by atoms with Crippen molar-refractivity contribution in [3.8, 4) is 0 Å². The molecule has 2 heterocycles. The van der Waals surface area contributed by atoms with Crippen LogP contribution in [0.4, 0.5) is 5.69 Å². The van der Waals surface area contributed by atoms with Gasteiger partial charge in [0.05, 0.1) is 21.5 Å². The molecule has 0 unspecified atom stereocenters. The van der Waals surface area contributed by atoms with Crippen LogP contribution in [0, 0.1) is 0 Å². The van der Waals surface area contributed by atoms with E-state index >= 15 is 0 Å². The number of pyridine rings is 1. The Morgan fingerprint density at radius 1 is 1.24 bits per heavy atom. The number of nitrogens with one attached hydrogen (secondary N) is 2. The smallest absolute Gasteiger partial charge is 0.235 e. The fraction of sp³-hybridized carbons (Fsp3) is 0.357. The first-order valence-electron chi connectivity index (χ1n) is 6.83. The van der Waals surface area contributed by atoms with E-state index in [1.807, 2.05) is 6.07 Å². The Morgan fingerprint density at radius 3 is 2.76 bits per heavy atom. The highest BCUT2D eigenvalue weighted by atomic mass is 35.5. The number of anilines is 1. The lowest BCUT2D eigenvalue weighted by Crippen LogP contribution is -2.38. The summed E-state index contributed by atoms with van der Waals surface area (Å²) in [5.74, 6) is 0. The van der Waals surface area contributed by atoms with Crippen molar-refractivity contribution in [2.75, 3.05) is 17.8 Å². The summed E-state index contributed by atoms with van der Waals surface area (Å²) in [6.45, 7) is 1.45. The number of halogens is 1. The maximum atomic E-state index is 12.5. The molecule has 2 aromatic rings.